The fourth-order valence-electron chi connectivity index (χ4n) is 3.35. The number of anilines is 1. The zero-order chi connectivity index (χ0) is 21.2. The molecule has 0 radical (unpaired) electrons. The first-order chi connectivity index (χ1) is 13.7. The van der Waals surface area contributed by atoms with Gasteiger partial charge in [-0.3, -0.25) is 14.3 Å². The topological polar surface area (TPSA) is 111 Å². The van der Waals surface area contributed by atoms with Crippen molar-refractivity contribution in [2.45, 2.75) is 32.2 Å². The summed E-state index contributed by atoms with van der Waals surface area (Å²) in [6.45, 7) is 5.77. The minimum atomic E-state index is -3.72. The quantitative estimate of drug-likeness (QED) is 0.707. The molecule has 9 nitrogen and oxygen atoms in total. The van der Waals surface area contributed by atoms with E-state index < -0.39 is 15.9 Å². The molecule has 1 aliphatic rings. The average Bonchev–Trinajstić information content (AvgIpc) is 2.96. The van der Waals surface area contributed by atoms with Crippen LogP contribution in [0.15, 0.2) is 29.2 Å². The van der Waals surface area contributed by atoms with Crippen LogP contribution in [0.25, 0.3) is 0 Å². The molecule has 1 aromatic heterocycles. The number of carbonyl (C=O) groups excluding carboxylic acids is 2. The zero-order valence-electron chi connectivity index (χ0n) is 16.6. The number of aryl methyl sites for hydroxylation is 1. The summed E-state index contributed by atoms with van der Waals surface area (Å²) in [5.41, 5.74) is 1.55. The van der Waals surface area contributed by atoms with Crippen LogP contribution >= 0.6 is 0 Å². The number of hydrogen-bond acceptors (Lipinski definition) is 6. The first-order valence-electron chi connectivity index (χ1n) is 9.23. The van der Waals surface area contributed by atoms with Gasteiger partial charge in [0, 0.05) is 18.7 Å². The number of sulfonamides is 1. The Hall–Kier alpha value is -2.56. The van der Waals surface area contributed by atoms with E-state index in [4.69, 9.17) is 4.74 Å². The zero-order valence-corrected chi connectivity index (χ0v) is 17.5. The molecule has 1 aromatic carbocycles. The Morgan fingerprint density at radius 1 is 1.17 bits per heavy atom. The van der Waals surface area contributed by atoms with Crippen LogP contribution in [0.5, 0.6) is 0 Å². The van der Waals surface area contributed by atoms with Gasteiger partial charge in [0.05, 0.1) is 30.3 Å². The van der Waals surface area contributed by atoms with Gasteiger partial charge in [0.2, 0.25) is 15.9 Å². The molecule has 2 aromatic rings. The largest absolute Gasteiger partial charge is 0.379 e. The second kappa shape index (κ2) is 8.44. The number of ketones is 1. The predicted molar refractivity (Wildman–Crippen MR) is 106 cm³/mol. The molecule has 0 spiro atoms. The lowest BCUT2D eigenvalue weighted by Gasteiger charge is -2.26. The molecule has 156 valence electrons. The van der Waals surface area contributed by atoms with Gasteiger partial charge in [-0.15, -0.1) is 0 Å². The van der Waals surface area contributed by atoms with Gasteiger partial charge < -0.3 is 10.1 Å². The number of carbonyl (C=O) groups is 2. The van der Waals surface area contributed by atoms with Gasteiger partial charge in [-0.05, 0) is 32.9 Å². The number of amides is 1. The second-order valence-corrected chi connectivity index (χ2v) is 8.70. The van der Waals surface area contributed by atoms with Crippen LogP contribution in [0.4, 0.5) is 5.69 Å². The molecule has 1 N–H and O–H groups in total. The van der Waals surface area contributed by atoms with Gasteiger partial charge in [-0.25, -0.2) is 8.42 Å². The maximum absolute atomic E-state index is 13.0. The van der Waals surface area contributed by atoms with Crippen molar-refractivity contribution in [2.24, 2.45) is 0 Å². The summed E-state index contributed by atoms with van der Waals surface area (Å²) in [6.07, 6.45) is 0. The van der Waals surface area contributed by atoms with Gasteiger partial charge >= 0.3 is 0 Å². The van der Waals surface area contributed by atoms with Crippen LogP contribution in [-0.4, -0.2) is 60.5 Å². The summed E-state index contributed by atoms with van der Waals surface area (Å²) in [4.78, 5) is 24.4. The van der Waals surface area contributed by atoms with Gasteiger partial charge in [0.15, 0.2) is 5.78 Å². The van der Waals surface area contributed by atoms with Gasteiger partial charge in [0.25, 0.3) is 0 Å². The smallest absolute Gasteiger partial charge is 0.246 e. The molecular formula is C19H24N4O5S. The summed E-state index contributed by atoms with van der Waals surface area (Å²) in [7, 11) is -3.72. The van der Waals surface area contributed by atoms with Crippen molar-refractivity contribution in [3.63, 3.8) is 0 Å². The molecule has 1 aliphatic heterocycles. The maximum Gasteiger partial charge on any atom is 0.246 e. The van der Waals surface area contributed by atoms with Crippen molar-refractivity contribution in [3.05, 3.63) is 41.2 Å². The third kappa shape index (κ3) is 4.39. The summed E-state index contributed by atoms with van der Waals surface area (Å²) in [5, 5.41) is 6.96. The van der Waals surface area contributed by atoms with Crippen molar-refractivity contribution < 1.29 is 22.7 Å². The SMILES string of the molecule is CC(=O)c1ccccc1NC(=O)Cn1nc(C)c(S(=O)(=O)N2CCOCC2)c1C. The molecule has 29 heavy (non-hydrogen) atoms. The van der Waals surface area contributed by atoms with Gasteiger partial charge in [-0.1, -0.05) is 12.1 Å². The molecule has 1 amide bonds. The molecule has 0 unspecified atom stereocenters. The molecular weight excluding hydrogens is 396 g/mol. The highest BCUT2D eigenvalue weighted by Gasteiger charge is 2.32. The number of para-hydroxylation sites is 1. The summed E-state index contributed by atoms with van der Waals surface area (Å²) in [6, 6.07) is 6.72. The lowest BCUT2D eigenvalue weighted by atomic mass is 10.1. The van der Waals surface area contributed by atoms with Crippen molar-refractivity contribution in [3.8, 4) is 0 Å². The van der Waals surface area contributed by atoms with Crippen molar-refractivity contribution in [1.29, 1.82) is 0 Å². The molecule has 3 rings (SSSR count). The number of ether oxygens (including phenoxy) is 1. The third-order valence-electron chi connectivity index (χ3n) is 4.76. The van der Waals surface area contributed by atoms with Crippen molar-refractivity contribution >= 4 is 27.4 Å². The number of hydrogen-bond donors (Lipinski definition) is 1. The number of aromatic nitrogens is 2. The van der Waals surface area contributed by atoms with Crippen LogP contribution in [0, 0.1) is 13.8 Å². The lowest BCUT2D eigenvalue weighted by molar-refractivity contribution is -0.116. The summed E-state index contributed by atoms with van der Waals surface area (Å²) >= 11 is 0. The van der Waals surface area contributed by atoms with E-state index in [0.717, 1.165) is 0 Å². The third-order valence-corrected chi connectivity index (χ3v) is 6.91. The minimum absolute atomic E-state index is 0.122. The van der Waals surface area contributed by atoms with E-state index in [1.54, 1.807) is 38.1 Å². The molecule has 0 saturated carbocycles. The van der Waals surface area contributed by atoms with Gasteiger partial charge in [0.1, 0.15) is 11.4 Å². The summed E-state index contributed by atoms with van der Waals surface area (Å²) < 4.78 is 34.0. The number of Topliss-reactive ketones (excluding diaryl/α,β-unsaturated/α-hetero) is 1. The van der Waals surface area contributed by atoms with E-state index in [0.29, 0.717) is 35.9 Å². The highest BCUT2D eigenvalue weighted by atomic mass is 32.2. The van der Waals surface area contributed by atoms with E-state index >= 15 is 0 Å². The monoisotopic (exact) mass is 420 g/mol. The van der Waals surface area contributed by atoms with Crippen molar-refractivity contribution in [2.75, 3.05) is 31.6 Å². The van der Waals surface area contributed by atoms with Crippen LogP contribution in [0.3, 0.4) is 0 Å². The fourth-order valence-corrected chi connectivity index (χ4v) is 5.13. The van der Waals surface area contributed by atoms with E-state index in [1.807, 2.05) is 0 Å². The maximum atomic E-state index is 13.0. The van der Waals surface area contributed by atoms with E-state index in [1.165, 1.54) is 15.9 Å². The van der Waals surface area contributed by atoms with E-state index in [9.17, 15) is 18.0 Å². The minimum Gasteiger partial charge on any atom is -0.379 e. The van der Waals surface area contributed by atoms with Crippen LogP contribution < -0.4 is 5.32 Å². The van der Waals surface area contributed by atoms with Crippen molar-refractivity contribution in [1.82, 2.24) is 14.1 Å². The first-order valence-corrected chi connectivity index (χ1v) is 10.7. The van der Waals surface area contributed by atoms with E-state index in [2.05, 4.69) is 10.4 Å². The Balaban J connectivity index is 1.82. The Kier molecular flexibility index (Phi) is 6.15. The Morgan fingerprint density at radius 3 is 2.48 bits per heavy atom. The standard InChI is InChI=1S/C19H24N4O5S/c1-13-19(29(26,27)22-8-10-28-11-9-22)14(2)23(21-13)12-18(25)20-17-7-5-4-6-16(17)15(3)24/h4-7H,8-12H2,1-3H3,(H,20,25). The molecule has 0 atom stereocenters. The first kappa shape index (κ1) is 21.2. The average molecular weight is 420 g/mol. The molecule has 0 bridgehead atoms. The van der Waals surface area contributed by atoms with Gasteiger partial charge in [-0.2, -0.15) is 9.40 Å². The number of morpholine rings is 1. The van der Waals surface area contributed by atoms with Crippen LogP contribution in [0.1, 0.15) is 28.7 Å². The predicted octanol–water partition coefficient (Wildman–Crippen LogP) is 1.36. The lowest BCUT2D eigenvalue weighted by Crippen LogP contribution is -2.41. The molecule has 1 fully saturated rings. The molecule has 1 saturated heterocycles. The van der Waals surface area contributed by atoms with E-state index in [-0.39, 0.29) is 30.3 Å². The van der Waals surface area contributed by atoms with Crippen LogP contribution in [-0.2, 0) is 26.1 Å². The second-order valence-electron chi connectivity index (χ2n) is 6.82. The number of nitrogens with zero attached hydrogens (tertiary/aromatic N) is 3. The number of rotatable bonds is 6. The van der Waals surface area contributed by atoms with Crippen LogP contribution in [0.2, 0.25) is 0 Å². The Bertz CT molecular complexity index is 1040. The Morgan fingerprint density at radius 2 is 1.83 bits per heavy atom. The fraction of sp³-hybridized carbons (Fsp3) is 0.421. The molecule has 2 heterocycles. The highest BCUT2D eigenvalue weighted by Crippen LogP contribution is 2.24. The Labute approximate surface area is 169 Å². The molecule has 0 aliphatic carbocycles. The molecule has 10 heteroatoms. The highest BCUT2D eigenvalue weighted by molar-refractivity contribution is 7.89. The summed E-state index contributed by atoms with van der Waals surface area (Å²) in [5.74, 6) is -0.564. The number of nitrogens with one attached hydrogen (secondary N) is 1. The number of benzene rings is 1. The normalized spacial score (nSPS) is 15.3.